The van der Waals surface area contributed by atoms with E-state index in [0.717, 1.165) is 33.6 Å². The highest BCUT2D eigenvalue weighted by Crippen LogP contribution is 2.16. The molecule has 0 radical (unpaired) electrons. The molecule has 0 fully saturated rings. The first-order chi connectivity index (χ1) is 10.6. The second-order valence-electron chi connectivity index (χ2n) is 5.45. The van der Waals surface area contributed by atoms with E-state index in [-0.39, 0.29) is 5.91 Å². The lowest BCUT2D eigenvalue weighted by Crippen LogP contribution is -2.24. The lowest BCUT2D eigenvalue weighted by molar-refractivity contribution is 0.0956. The maximum absolute atomic E-state index is 12.0. The fourth-order valence-corrected chi connectivity index (χ4v) is 3.22. The van der Waals surface area contributed by atoms with Crippen LogP contribution in [0.4, 0.5) is 0 Å². The van der Waals surface area contributed by atoms with Gasteiger partial charge in [-0.15, -0.1) is 11.3 Å². The third kappa shape index (κ3) is 3.20. The summed E-state index contributed by atoms with van der Waals surface area (Å²) in [5.41, 5.74) is 2.39. The maximum atomic E-state index is 12.0. The Hall–Kier alpha value is -2.14. The third-order valence-corrected chi connectivity index (χ3v) is 4.60. The average molecular weight is 313 g/mol. The first-order valence-corrected chi connectivity index (χ1v) is 8.22. The van der Waals surface area contributed by atoms with Crippen LogP contribution in [0.5, 0.6) is 0 Å². The van der Waals surface area contributed by atoms with Crippen LogP contribution in [0.2, 0.25) is 0 Å². The summed E-state index contributed by atoms with van der Waals surface area (Å²) in [6.07, 6.45) is 2.75. The van der Waals surface area contributed by atoms with Gasteiger partial charge in [-0.05, 0) is 44.0 Å². The molecule has 1 amide bonds. The molecule has 0 saturated carbocycles. The molecular formula is C17H19N3OS. The van der Waals surface area contributed by atoms with Gasteiger partial charge in [-0.3, -0.25) is 9.48 Å². The van der Waals surface area contributed by atoms with E-state index in [1.165, 1.54) is 16.9 Å². The number of nitrogens with one attached hydrogen (secondary N) is 1. The second kappa shape index (κ2) is 6.32. The molecule has 0 aliphatic carbocycles. The van der Waals surface area contributed by atoms with Crippen LogP contribution in [-0.4, -0.2) is 22.2 Å². The van der Waals surface area contributed by atoms with Gasteiger partial charge in [-0.2, -0.15) is 5.10 Å². The van der Waals surface area contributed by atoms with Gasteiger partial charge in [-0.1, -0.05) is 12.1 Å². The van der Waals surface area contributed by atoms with Crippen molar-refractivity contribution in [3.63, 3.8) is 0 Å². The van der Waals surface area contributed by atoms with Gasteiger partial charge in [0, 0.05) is 23.4 Å². The van der Waals surface area contributed by atoms with Gasteiger partial charge in [0.15, 0.2) is 0 Å². The van der Waals surface area contributed by atoms with E-state index in [4.69, 9.17) is 0 Å². The highest BCUT2D eigenvalue weighted by atomic mass is 32.1. The molecule has 22 heavy (non-hydrogen) atoms. The Morgan fingerprint density at radius 3 is 2.91 bits per heavy atom. The van der Waals surface area contributed by atoms with Crippen LogP contribution in [0.1, 0.15) is 26.5 Å². The number of nitrogens with zero attached hydrogens (tertiary/aromatic N) is 2. The van der Waals surface area contributed by atoms with Crippen LogP contribution < -0.4 is 5.32 Å². The van der Waals surface area contributed by atoms with Gasteiger partial charge in [0.25, 0.3) is 5.91 Å². The Morgan fingerprint density at radius 1 is 1.27 bits per heavy atom. The summed E-state index contributed by atoms with van der Waals surface area (Å²) in [5.74, 6) is 0.0132. The largest absolute Gasteiger partial charge is 0.351 e. The normalized spacial score (nSPS) is 11.0. The summed E-state index contributed by atoms with van der Waals surface area (Å²) in [6, 6.07) is 10.2. The Balaban J connectivity index is 1.54. The van der Waals surface area contributed by atoms with Crippen molar-refractivity contribution in [3.05, 3.63) is 51.8 Å². The number of rotatable bonds is 5. The summed E-state index contributed by atoms with van der Waals surface area (Å²) in [6.45, 7) is 5.55. The summed E-state index contributed by atoms with van der Waals surface area (Å²) < 4.78 is 2.00. The molecule has 2 aromatic heterocycles. The lowest BCUT2D eigenvalue weighted by Gasteiger charge is -2.06. The van der Waals surface area contributed by atoms with Crippen LogP contribution in [0.15, 0.2) is 36.5 Å². The van der Waals surface area contributed by atoms with Gasteiger partial charge >= 0.3 is 0 Å². The summed E-state index contributed by atoms with van der Waals surface area (Å²) in [4.78, 5) is 13.9. The molecule has 114 valence electrons. The Kier molecular flexibility index (Phi) is 4.24. The molecule has 1 aromatic carbocycles. The fraction of sp³-hybridized carbons (Fsp3) is 0.294. The van der Waals surface area contributed by atoms with Crippen molar-refractivity contribution in [2.24, 2.45) is 0 Å². The predicted octanol–water partition coefficient (Wildman–Crippen LogP) is 3.53. The Bertz CT molecular complexity index is 803. The first-order valence-electron chi connectivity index (χ1n) is 7.40. The summed E-state index contributed by atoms with van der Waals surface area (Å²) >= 11 is 1.53. The lowest BCUT2D eigenvalue weighted by atomic mass is 10.2. The zero-order chi connectivity index (χ0) is 15.5. The molecular weight excluding hydrogens is 294 g/mol. The predicted molar refractivity (Wildman–Crippen MR) is 90.5 cm³/mol. The van der Waals surface area contributed by atoms with E-state index >= 15 is 0 Å². The van der Waals surface area contributed by atoms with Gasteiger partial charge in [-0.25, -0.2) is 0 Å². The molecule has 0 bridgehead atoms. The monoisotopic (exact) mass is 313 g/mol. The third-order valence-electron chi connectivity index (χ3n) is 3.60. The zero-order valence-electron chi connectivity index (χ0n) is 12.8. The van der Waals surface area contributed by atoms with Crippen molar-refractivity contribution in [1.29, 1.82) is 0 Å². The van der Waals surface area contributed by atoms with E-state index in [2.05, 4.69) is 35.5 Å². The minimum Gasteiger partial charge on any atom is -0.351 e. The molecule has 0 unspecified atom stereocenters. The number of carbonyl (C=O) groups is 1. The van der Waals surface area contributed by atoms with Crippen LogP contribution >= 0.6 is 11.3 Å². The van der Waals surface area contributed by atoms with E-state index in [9.17, 15) is 4.79 Å². The number of aryl methyl sites for hydroxylation is 3. The molecule has 0 spiro atoms. The average Bonchev–Trinajstić information content (AvgIpc) is 3.10. The highest BCUT2D eigenvalue weighted by Gasteiger charge is 2.07. The number of thiophene rings is 1. The molecule has 3 rings (SSSR count). The molecule has 2 heterocycles. The van der Waals surface area contributed by atoms with E-state index < -0.39 is 0 Å². The number of amides is 1. The van der Waals surface area contributed by atoms with Crippen LogP contribution in [0.25, 0.3) is 10.9 Å². The Labute approximate surface area is 133 Å². The number of aromatic nitrogens is 2. The quantitative estimate of drug-likeness (QED) is 0.732. The molecule has 0 saturated heterocycles. The van der Waals surface area contributed by atoms with Crippen molar-refractivity contribution < 1.29 is 4.79 Å². The SMILES string of the molecule is Cc1ccc2cnn(CCCNC(=O)c3ccc(C)s3)c2c1. The number of hydrogen-bond donors (Lipinski definition) is 1. The number of hydrogen-bond acceptors (Lipinski definition) is 3. The van der Waals surface area contributed by atoms with Crippen molar-refractivity contribution in [2.75, 3.05) is 6.54 Å². The molecule has 5 heteroatoms. The second-order valence-corrected chi connectivity index (χ2v) is 6.74. The molecule has 4 nitrogen and oxygen atoms in total. The van der Waals surface area contributed by atoms with Crippen molar-refractivity contribution >= 4 is 28.1 Å². The summed E-state index contributed by atoms with van der Waals surface area (Å²) in [5, 5.41) is 8.54. The standard InChI is InChI=1S/C17H19N3OS/c1-12-4-6-14-11-19-20(15(14)10-12)9-3-8-18-17(21)16-7-5-13(2)22-16/h4-7,10-11H,3,8-9H2,1-2H3,(H,18,21). The summed E-state index contributed by atoms with van der Waals surface area (Å²) in [7, 11) is 0. The molecule has 0 aliphatic rings. The highest BCUT2D eigenvalue weighted by molar-refractivity contribution is 7.13. The smallest absolute Gasteiger partial charge is 0.261 e. The molecule has 1 N–H and O–H groups in total. The maximum Gasteiger partial charge on any atom is 0.261 e. The zero-order valence-corrected chi connectivity index (χ0v) is 13.6. The van der Waals surface area contributed by atoms with Crippen LogP contribution in [-0.2, 0) is 6.54 Å². The minimum absolute atomic E-state index is 0.0132. The first kappa shape index (κ1) is 14.8. The van der Waals surface area contributed by atoms with Crippen LogP contribution in [0.3, 0.4) is 0 Å². The number of carbonyl (C=O) groups excluding carboxylic acids is 1. The van der Waals surface area contributed by atoms with Crippen molar-refractivity contribution in [1.82, 2.24) is 15.1 Å². The molecule has 0 aliphatic heterocycles. The van der Waals surface area contributed by atoms with Crippen LogP contribution in [0, 0.1) is 13.8 Å². The van der Waals surface area contributed by atoms with E-state index in [1.807, 2.05) is 29.9 Å². The van der Waals surface area contributed by atoms with Gasteiger partial charge < -0.3 is 5.32 Å². The van der Waals surface area contributed by atoms with Gasteiger partial charge in [0.2, 0.25) is 0 Å². The topological polar surface area (TPSA) is 46.9 Å². The van der Waals surface area contributed by atoms with Crippen molar-refractivity contribution in [2.45, 2.75) is 26.8 Å². The number of benzene rings is 1. The van der Waals surface area contributed by atoms with Crippen molar-refractivity contribution in [3.8, 4) is 0 Å². The Morgan fingerprint density at radius 2 is 2.14 bits per heavy atom. The van der Waals surface area contributed by atoms with E-state index in [1.54, 1.807) is 0 Å². The number of fused-ring (bicyclic) bond motifs is 1. The molecule has 0 atom stereocenters. The minimum atomic E-state index is 0.0132. The molecule has 3 aromatic rings. The fourth-order valence-electron chi connectivity index (χ4n) is 2.43. The van der Waals surface area contributed by atoms with Gasteiger partial charge in [0.1, 0.15) is 0 Å². The van der Waals surface area contributed by atoms with E-state index in [0.29, 0.717) is 6.54 Å². The van der Waals surface area contributed by atoms with Gasteiger partial charge in [0.05, 0.1) is 16.6 Å².